The largest absolute Gasteiger partial charge is 0.495 e. The van der Waals surface area contributed by atoms with Crippen LogP contribution in [0, 0.1) is 6.92 Å². The smallest absolute Gasteiger partial charge is 0.248 e. The van der Waals surface area contributed by atoms with E-state index in [2.05, 4.69) is 21.2 Å². The zero-order valence-corrected chi connectivity index (χ0v) is 16.6. The van der Waals surface area contributed by atoms with Crippen LogP contribution in [-0.2, 0) is 4.79 Å². The molecule has 25 heavy (non-hydrogen) atoms. The van der Waals surface area contributed by atoms with Gasteiger partial charge in [0.25, 0.3) is 0 Å². The molecule has 0 aliphatic heterocycles. The molecular weight excluding hydrogens is 406 g/mol. The number of anilines is 1. The van der Waals surface area contributed by atoms with Crippen molar-refractivity contribution in [1.29, 1.82) is 0 Å². The van der Waals surface area contributed by atoms with E-state index in [0.717, 1.165) is 21.3 Å². The van der Waals surface area contributed by atoms with Crippen molar-refractivity contribution in [3.63, 3.8) is 0 Å². The van der Waals surface area contributed by atoms with Gasteiger partial charge in [-0.1, -0.05) is 27.5 Å². The second-order valence-electron chi connectivity index (χ2n) is 5.24. The highest BCUT2D eigenvalue weighted by molar-refractivity contribution is 9.10. The van der Waals surface area contributed by atoms with E-state index in [-0.39, 0.29) is 5.91 Å². The summed E-state index contributed by atoms with van der Waals surface area (Å²) in [4.78, 5) is 12.3. The molecule has 6 heteroatoms. The number of ether oxygens (including phenoxy) is 2. The molecule has 0 bridgehead atoms. The van der Waals surface area contributed by atoms with E-state index in [0.29, 0.717) is 23.1 Å². The van der Waals surface area contributed by atoms with Crippen molar-refractivity contribution in [2.75, 3.05) is 19.0 Å². The number of aryl methyl sites for hydroxylation is 1. The predicted octanol–water partition coefficient (Wildman–Crippen LogP) is 5.47. The van der Waals surface area contributed by atoms with E-state index in [1.807, 2.05) is 32.0 Å². The maximum atomic E-state index is 12.3. The number of amides is 1. The minimum atomic E-state index is -0.276. The molecule has 0 aliphatic carbocycles. The van der Waals surface area contributed by atoms with Crippen LogP contribution in [-0.4, -0.2) is 19.6 Å². The Bertz CT molecular complexity index is 805. The van der Waals surface area contributed by atoms with Gasteiger partial charge in [-0.25, -0.2) is 0 Å². The van der Waals surface area contributed by atoms with Crippen molar-refractivity contribution in [2.24, 2.45) is 0 Å². The zero-order chi connectivity index (χ0) is 18.4. The van der Waals surface area contributed by atoms with Crippen LogP contribution >= 0.6 is 27.5 Å². The van der Waals surface area contributed by atoms with Crippen molar-refractivity contribution in [2.45, 2.75) is 13.8 Å². The molecule has 0 heterocycles. The Balaban J connectivity index is 2.19. The highest BCUT2D eigenvalue weighted by atomic mass is 79.9. The van der Waals surface area contributed by atoms with Crippen molar-refractivity contribution in [3.8, 4) is 11.5 Å². The summed E-state index contributed by atoms with van der Waals surface area (Å²) in [7, 11) is 1.53. The molecule has 0 radical (unpaired) electrons. The Kier molecular flexibility index (Phi) is 6.91. The molecule has 4 nitrogen and oxygen atoms in total. The Hall–Kier alpha value is -1.98. The van der Waals surface area contributed by atoms with Crippen molar-refractivity contribution in [3.05, 3.63) is 57.0 Å². The summed E-state index contributed by atoms with van der Waals surface area (Å²) < 4.78 is 11.7. The number of carbonyl (C=O) groups excluding carboxylic acids is 1. The topological polar surface area (TPSA) is 47.6 Å². The van der Waals surface area contributed by atoms with Gasteiger partial charge in [-0.3, -0.25) is 4.79 Å². The van der Waals surface area contributed by atoms with Crippen molar-refractivity contribution in [1.82, 2.24) is 0 Å². The number of carbonyl (C=O) groups is 1. The van der Waals surface area contributed by atoms with Crippen LogP contribution in [0.5, 0.6) is 11.5 Å². The number of hydrogen-bond acceptors (Lipinski definition) is 3. The lowest BCUT2D eigenvalue weighted by atomic mass is 10.1. The second kappa shape index (κ2) is 8.92. The third-order valence-electron chi connectivity index (χ3n) is 3.42. The summed E-state index contributed by atoms with van der Waals surface area (Å²) in [5.41, 5.74) is 2.23. The molecule has 1 N–H and O–H groups in total. The van der Waals surface area contributed by atoms with Gasteiger partial charge in [-0.2, -0.15) is 0 Å². The maximum Gasteiger partial charge on any atom is 0.248 e. The number of halogens is 2. The Labute approximate surface area is 160 Å². The SMILES string of the molecule is CCOc1ccc(Br)cc1/C=C/C(=O)Nc1cc(C)c(Cl)cc1OC. The molecule has 0 unspecified atom stereocenters. The van der Waals surface area contributed by atoms with Gasteiger partial charge in [-0.05, 0) is 49.8 Å². The lowest BCUT2D eigenvalue weighted by Gasteiger charge is -2.11. The summed E-state index contributed by atoms with van der Waals surface area (Å²) in [5, 5.41) is 3.39. The first-order valence-electron chi connectivity index (χ1n) is 7.70. The minimum absolute atomic E-state index is 0.276. The normalized spacial score (nSPS) is 10.8. The van der Waals surface area contributed by atoms with Crippen LogP contribution < -0.4 is 14.8 Å². The molecule has 2 rings (SSSR count). The lowest BCUT2D eigenvalue weighted by molar-refractivity contribution is -0.111. The second-order valence-corrected chi connectivity index (χ2v) is 6.56. The number of nitrogens with one attached hydrogen (secondary N) is 1. The number of methoxy groups -OCH3 is 1. The Morgan fingerprint density at radius 1 is 1.28 bits per heavy atom. The first-order valence-corrected chi connectivity index (χ1v) is 8.87. The van der Waals surface area contributed by atoms with Gasteiger partial charge < -0.3 is 14.8 Å². The molecule has 0 spiro atoms. The lowest BCUT2D eigenvalue weighted by Crippen LogP contribution is -2.09. The average molecular weight is 425 g/mol. The summed E-state index contributed by atoms with van der Waals surface area (Å²) in [6, 6.07) is 9.09. The van der Waals surface area contributed by atoms with E-state index in [1.54, 1.807) is 18.2 Å². The Morgan fingerprint density at radius 2 is 2.04 bits per heavy atom. The molecule has 0 aliphatic rings. The number of benzene rings is 2. The fourth-order valence-corrected chi connectivity index (χ4v) is 2.74. The molecule has 2 aromatic rings. The third kappa shape index (κ3) is 5.25. The molecule has 0 fully saturated rings. The van der Waals surface area contributed by atoms with Gasteiger partial charge in [-0.15, -0.1) is 0 Å². The molecule has 132 valence electrons. The van der Waals surface area contributed by atoms with E-state index in [9.17, 15) is 4.79 Å². The molecular formula is C19H19BrClNO3. The number of rotatable bonds is 6. The standard InChI is InChI=1S/C19H19BrClNO3/c1-4-25-17-7-6-14(20)10-13(17)5-8-19(23)22-16-9-12(2)15(21)11-18(16)24-3/h5-11H,4H2,1-3H3,(H,22,23)/b8-5+. The van der Waals surface area contributed by atoms with Gasteiger partial charge in [0.2, 0.25) is 5.91 Å². The zero-order valence-electron chi connectivity index (χ0n) is 14.2. The van der Waals surface area contributed by atoms with Gasteiger partial charge >= 0.3 is 0 Å². The monoisotopic (exact) mass is 423 g/mol. The van der Waals surface area contributed by atoms with E-state index in [4.69, 9.17) is 21.1 Å². The minimum Gasteiger partial charge on any atom is -0.495 e. The van der Waals surface area contributed by atoms with Crippen molar-refractivity contribution >= 4 is 45.2 Å². The van der Waals surface area contributed by atoms with E-state index >= 15 is 0 Å². The first kappa shape index (κ1) is 19.3. The summed E-state index contributed by atoms with van der Waals surface area (Å²) in [6.45, 7) is 4.33. The van der Waals surface area contributed by atoms with Gasteiger partial charge in [0.15, 0.2) is 0 Å². The quantitative estimate of drug-likeness (QED) is 0.625. The van der Waals surface area contributed by atoms with Gasteiger partial charge in [0.05, 0.1) is 19.4 Å². The molecule has 0 saturated heterocycles. The molecule has 0 saturated carbocycles. The predicted molar refractivity (Wildman–Crippen MR) is 106 cm³/mol. The van der Waals surface area contributed by atoms with Crippen LogP contribution in [0.15, 0.2) is 40.9 Å². The number of hydrogen-bond donors (Lipinski definition) is 1. The summed E-state index contributed by atoms with van der Waals surface area (Å²) in [6.07, 6.45) is 3.16. The van der Waals surface area contributed by atoms with Crippen LogP contribution in [0.4, 0.5) is 5.69 Å². The molecule has 0 atom stereocenters. The summed E-state index contributed by atoms with van der Waals surface area (Å²) in [5.74, 6) is 0.951. The Morgan fingerprint density at radius 3 is 2.72 bits per heavy atom. The van der Waals surface area contributed by atoms with Gasteiger partial charge in [0, 0.05) is 27.2 Å². The van der Waals surface area contributed by atoms with Crippen LogP contribution in [0.3, 0.4) is 0 Å². The molecule has 2 aromatic carbocycles. The highest BCUT2D eigenvalue weighted by Crippen LogP contribution is 2.31. The fraction of sp³-hybridized carbons (Fsp3) is 0.211. The highest BCUT2D eigenvalue weighted by Gasteiger charge is 2.09. The third-order valence-corrected chi connectivity index (χ3v) is 4.33. The fourth-order valence-electron chi connectivity index (χ4n) is 2.21. The van der Waals surface area contributed by atoms with Crippen molar-refractivity contribution < 1.29 is 14.3 Å². The molecule has 0 aromatic heterocycles. The van der Waals surface area contributed by atoms with Crippen LogP contribution in [0.2, 0.25) is 5.02 Å². The van der Waals surface area contributed by atoms with E-state index < -0.39 is 0 Å². The van der Waals surface area contributed by atoms with E-state index in [1.165, 1.54) is 13.2 Å². The maximum absolute atomic E-state index is 12.3. The first-order chi connectivity index (χ1) is 11.9. The average Bonchev–Trinajstić information content (AvgIpc) is 2.58. The molecule has 1 amide bonds. The van der Waals surface area contributed by atoms with Crippen LogP contribution in [0.25, 0.3) is 6.08 Å². The van der Waals surface area contributed by atoms with Gasteiger partial charge in [0.1, 0.15) is 11.5 Å². The summed E-state index contributed by atoms with van der Waals surface area (Å²) >= 11 is 9.50. The van der Waals surface area contributed by atoms with Crippen LogP contribution in [0.1, 0.15) is 18.1 Å².